The lowest BCUT2D eigenvalue weighted by Gasteiger charge is -1.88. The smallest absolute Gasteiger partial charge is 0.240 e. The Morgan fingerprint density at radius 3 is 3.00 bits per heavy atom. The molecule has 3 N–H and O–H groups in total. The van der Waals surface area contributed by atoms with Crippen molar-refractivity contribution in [2.45, 2.75) is 6.92 Å². The summed E-state index contributed by atoms with van der Waals surface area (Å²) in [6.45, 7) is 1.83. The van der Waals surface area contributed by atoms with Gasteiger partial charge in [0.15, 0.2) is 5.65 Å². The van der Waals surface area contributed by atoms with Crippen molar-refractivity contribution in [3.63, 3.8) is 0 Å². The summed E-state index contributed by atoms with van der Waals surface area (Å²) in [5, 5.41) is 13.9. The van der Waals surface area contributed by atoms with Gasteiger partial charge in [-0.25, -0.2) is 4.98 Å². The van der Waals surface area contributed by atoms with Gasteiger partial charge in [0.05, 0.1) is 5.69 Å². The second-order valence-electron chi connectivity index (χ2n) is 2.18. The lowest BCUT2D eigenvalue weighted by Crippen LogP contribution is -1.96. The van der Waals surface area contributed by atoms with E-state index in [4.69, 9.17) is 5.73 Å². The zero-order valence-corrected chi connectivity index (χ0v) is 5.87. The van der Waals surface area contributed by atoms with Gasteiger partial charge in [0.2, 0.25) is 5.95 Å². The molecule has 0 saturated carbocycles. The standard InChI is InChI=1S/C5H6N6/c1-2-3-4(9-8-2)10-11-5(6)7-3/h1H3,(H2,6,7,11)(H,8,9,10). The summed E-state index contributed by atoms with van der Waals surface area (Å²) in [5.41, 5.74) is 7.35. The van der Waals surface area contributed by atoms with E-state index in [2.05, 4.69) is 25.4 Å². The van der Waals surface area contributed by atoms with E-state index in [0.29, 0.717) is 11.2 Å². The molecule has 56 valence electrons. The van der Waals surface area contributed by atoms with Crippen molar-refractivity contribution in [3.8, 4) is 0 Å². The molecule has 0 saturated heterocycles. The zero-order valence-electron chi connectivity index (χ0n) is 5.87. The maximum Gasteiger partial charge on any atom is 0.240 e. The Kier molecular flexibility index (Phi) is 1.03. The molecular weight excluding hydrogens is 144 g/mol. The first-order valence-corrected chi connectivity index (χ1v) is 3.08. The number of fused-ring (bicyclic) bond motifs is 1. The number of hydrogen-bond donors (Lipinski definition) is 2. The van der Waals surface area contributed by atoms with E-state index in [1.807, 2.05) is 6.92 Å². The number of nitrogens with two attached hydrogens (primary N) is 1. The summed E-state index contributed by atoms with van der Waals surface area (Å²) in [6, 6.07) is 0. The number of nitrogen functional groups attached to an aromatic ring is 1. The largest absolute Gasteiger partial charge is 0.366 e. The minimum absolute atomic E-state index is 0.169. The van der Waals surface area contributed by atoms with Gasteiger partial charge in [0.1, 0.15) is 5.52 Å². The highest BCUT2D eigenvalue weighted by molar-refractivity contribution is 5.72. The van der Waals surface area contributed by atoms with Gasteiger partial charge in [0.25, 0.3) is 0 Å². The molecule has 2 aromatic heterocycles. The number of nitrogens with one attached hydrogen (secondary N) is 1. The highest BCUT2D eigenvalue weighted by Gasteiger charge is 2.03. The number of aromatic nitrogens is 5. The molecule has 0 atom stereocenters. The fourth-order valence-electron chi connectivity index (χ4n) is 0.856. The molecule has 0 radical (unpaired) electrons. The van der Waals surface area contributed by atoms with E-state index in [0.717, 1.165) is 5.69 Å². The molecule has 0 unspecified atom stereocenters. The molecule has 6 nitrogen and oxygen atoms in total. The van der Waals surface area contributed by atoms with Crippen LogP contribution in [0.4, 0.5) is 5.95 Å². The third-order valence-corrected chi connectivity index (χ3v) is 1.38. The molecule has 11 heavy (non-hydrogen) atoms. The van der Waals surface area contributed by atoms with Gasteiger partial charge in [-0.1, -0.05) is 0 Å². The average Bonchev–Trinajstić information content (AvgIpc) is 2.33. The van der Waals surface area contributed by atoms with Crippen LogP contribution >= 0.6 is 0 Å². The Bertz CT molecular complexity index is 391. The van der Waals surface area contributed by atoms with Gasteiger partial charge in [-0.2, -0.15) is 5.10 Å². The van der Waals surface area contributed by atoms with Gasteiger partial charge in [-0.3, -0.25) is 5.10 Å². The van der Waals surface area contributed by atoms with E-state index in [-0.39, 0.29) is 5.95 Å². The molecule has 0 bridgehead atoms. The van der Waals surface area contributed by atoms with Crippen molar-refractivity contribution >= 4 is 17.1 Å². The van der Waals surface area contributed by atoms with Gasteiger partial charge in [-0.05, 0) is 6.92 Å². The molecule has 0 aromatic carbocycles. The van der Waals surface area contributed by atoms with Crippen LogP contribution in [0.1, 0.15) is 5.69 Å². The SMILES string of the molecule is Cc1n[nH]c2nnc(N)nc12. The summed E-state index contributed by atoms with van der Waals surface area (Å²) in [6.07, 6.45) is 0. The van der Waals surface area contributed by atoms with Crippen molar-refractivity contribution in [3.05, 3.63) is 5.69 Å². The molecule has 0 amide bonds. The van der Waals surface area contributed by atoms with Gasteiger partial charge in [-0.15, -0.1) is 10.2 Å². The van der Waals surface area contributed by atoms with Crippen molar-refractivity contribution in [2.75, 3.05) is 5.73 Å². The first-order valence-electron chi connectivity index (χ1n) is 3.08. The number of nitrogens with zero attached hydrogens (tertiary/aromatic N) is 4. The normalized spacial score (nSPS) is 10.6. The third kappa shape index (κ3) is 0.794. The molecule has 2 aromatic rings. The van der Waals surface area contributed by atoms with E-state index in [9.17, 15) is 0 Å². The molecule has 0 aliphatic rings. The molecule has 6 heteroatoms. The summed E-state index contributed by atoms with van der Waals surface area (Å²) < 4.78 is 0. The van der Waals surface area contributed by atoms with Gasteiger partial charge >= 0.3 is 0 Å². The average molecular weight is 150 g/mol. The highest BCUT2D eigenvalue weighted by Crippen LogP contribution is 2.08. The molecule has 2 rings (SSSR count). The zero-order chi connectivity index (χ0) is 7.84. The lowest BCUT2D eigenvalue weighted by atomic mass is 10.4. The van der Waals surface area contributed by atoms with E-state index < -0.39 is 0 Å². The summed E-state index contributed by atoms with van der Waals surface area (Å²) in [4.78, 5) is 3.95. The fraction of sp³-hybridized carbons (Fsp3) is 0.200. The number of rotatable bonds is 0. The second-order valence-corrected chi connectivity index (χ2v) is 2.18. The maximum absolute atomic E-state index is 5.33. The Morgan fingerprint density at radius 1 is 1.36 bits per heavy atom. The molecule has 0 aliphatic carbocycles. The number of aryl methyl sites for hydroxylation is 1. The summed E-state index contributed by atoms with van der Waals surface area (Å²) in [7, 11) is 0. The first kappa shape index (κ1) is 6.02. The lowest BCUT2D eigenvalue weighted by molar-refractivity contribution is 1.000. The fourth-order valence-corrected chi connectivity index (χ4v) is 0.856. The number of hydrogen-bond acceptors (Lipinski definition) is 5. The van der Waals surface area contributed by atoms with E-state index in [1.165, 1.54) is 0 Å². The number of H-pyrrole nitrogens is 1. The number of aromatic amines is 1. The topological polar surface area (TPSA) is 93.4 Å². The van der Waals surface area contributed by atoms with Gasteiger partial charge in [0, 0.05) is 0 Å². The summed E-state index contributed by atoms with van der Waals surface area (Å²) >= 11 is 0. The predicted octanol–water partition coefficient (Wildman–Crippen LogP) is -0.361. The van der Waals surface area contributed by atoms with Crippen LogP contribution in [0.2, 0.25) is 0 Å². The summed E-state index contributed by atoms with van der Waals surface area (Å²) in [5.74, 6) is 0.169. The molecular formula is C5H6N6. The minimum atomic E-state index is 0.169. The van der Waals surface area contributed by atoms with Crippen LogP contribution in [-0.2, 0) is 0 Å². The molecule has 0 spiro atoms. The Morgan fingerprint density at radius 2 is 2.18 bits per heavy atom. The Hall–Kier alpha value is -1.72. The van der Waals surface area contributed by atoms with Gasteiger partial charge < -0.3 is 5.73 Å². The van der Waals surface area contributed by atoms with Crippen molar-refractivity contribution in [1.29, 1.82) is 0 Å². The van der Waals surface area contributed by atoms with Crippen LogP contribution in [-0.4, -0.2) is 25.4 Å². The molecule has 0 aliphatic heterocycles. The van der Waals surface area contributed by atoms with Crippen LogP contribution in [0.5, 0.6) is 0 Å². The van der Waals surface area contributed by atoms with Crippen LogP contribution < -0.4 is 5.73 Å². The molecule has 2 heterocycles. The highest BCUT2D eigenvalue weighted by atomic mass is 15.3. The predicted molar refractivity (Wildman–Crippen MR) is 38.6 cm³/mol. The number of anilines is 1. The van der Waals surface area contributed by atoms with Crippen LogP contribution in [0.25, 0.3) is 11.2 Å². The second kappa shape index (κ2) is 1.88. The van der Waals surface area contributed by atoms with Crippen LogP contribution in [0, 0.1) is 6.92 Å². The minimum Gasteiger partial charge on any atom is -0.366 e. The van der Waals surface area contributed by atoms with E-state index in [1.54, 1.807) is 0 Å². The Balaban J connectivity index is 2.87. The monoisotopic (exact) mass is 150 g/mol. The van der Waals surface area contributed by atoms with Crippen molar-refractivity contribution in [2.24, 2.45) is 0 Å². The van der Waals surface area contributed by atoms with Crippen molar-refractivity contribution in [1.82, 2.24) is 25.4 Å². The Labute approximate surface area is 61.8 Å². The van der Waals surface area contributed by atoms with E-state index >= 15 is 0 Å². The van der Waals surface area contributed by atoms with Crippen molar-refractivity contribution < 1.29 is 0 Å². The third-order valence-electron chi connectivity index (χ3n) is 1.38. The van der Waals surface area contributed by atoms with Crippen LogP contribution in [0.15, 0.2) is 0 Å². The first-order chi connectivity index (χ1) is 5.27. The maximum atomic E-state index is 5.33. The van der Waals surface area contributed by atoms with Crippen LogP contribution in [0.3, 0.4) is 0 Å². The quantitative estimate of drug-likeness (QED) is 0.534. The molecule has 0 fully saturated rings.